The van der Waals surface area contributed by atoms with Crippen LogP contribution in [0.5, 0.6) is 11.5 Å². The first-order valence-electron chi connectivity index (χ1n) is 9.43. The molecule has 3 aromatic rings. The van der Waals surface area contributed by atoms with Crippen LogP contribution in [-0.2, 0) is 10.0 Å². The lowest BCUT2D eigenvalue weighted by atomic mass is 10.2. The van der Waals surface area contributed by atoms with Gasteiger partial charge < -0.3 is 14.5 Å². The van der Waals surface area contributed by atoms with Crippen LogP contribution in [0.25, 0.3) is 22.1 Å². The number of aromatic nitrogens is 2. The first-order chi connectivity index (χ1) is 14.3. The van der Waals surface area contributed by atoms with E-state index in [1.807, 2.05) is 19.9 Å². The summed E-state index contributed by atoms with van der Waals surface area (Å²) in [5, 5.41) is 0.381. The molecule has 0 radical (unpaired) electrons. The van der Waals surface area contributed by atoms with Gasteiger partial charge >= 0.3 is 0 Å². The van der Waals surface area contributed by atoms with Crippen molar-refractivity contribution in [3.63, 3.8) is 0 Å². The van der Waals surface area contributed by atoms with Gasteiger partial charge in [-0.1, -0.05) is 31.5 Å². The fourth-order valence-corrected chi connectivity index (χ4v) is 4.83. The molecule has 0 aliphatic carbocycles. The summed E-state index contributed by atoms with van der Waals surface area (Å²) in [5.41, 5.74) is 2.03. The molecule has 0 fully saturated rings. The number of H-pyrrole nitrogens is 1. The van der Waals surface area contributed by atoms with Crippen molar-refractivity contribution >= 4 is 43.8 Å². The normalized spacial score (nSPS) is 12.5. The van der Waals surface area contributed by atoms with Crippen molar-refractivity contribution in [2.24, 2.45) is 0 Å². The van der Waals surface area contributed by atoms with E-state index >= 15 is 0 Å². The standard InChI is InChI=1S/C21H24ClN3O4S/c1-5-25(6-2)30(26,27)15-8-9-17-18(13-15)24-21(23-17)16(22)11-14-7-10-19(28-3)20(12-14)29-4/h7-13H,5-6H2,1-4H3,(H,23,24)/b16-11-. The maximum atomic E-state index is 12.8. The molecule has 2 aromatic carbocycles. The van der Waals surface area contributed by atoms with Crippen LogP contribution in [0.4, 0.5) is 0 Å². The molecule has 3 rings (SSSR count). The second-order valence-electron chi connectivity index (χ2n) is 6.46. The smallest absolute Gasteiger partial charge is 0.243 e. The zero-order valence-electron chi connectivity index (χ0n) is 17.3. The van der Waals surface area contributed by atoms with Crippen LogP contribution in [0.3, 0.4) is 0 Å². The number of methoxy groups -OCH3 is 2. The average molecular weight is 450 g/mol. The fourth-order valence-electron chi connectivity index (χ4n) is 3.13. The number of nitrogens with one attached hydrogen (secondary N) is 1. The van der Waals surface area contributed by atoms with Gasteiger partial charge in [0.15, 0.2) is 11.5 Å². The minimum atomic E-state index is -3.55. The largest absolute Gasteiger partial charge is 0.493 e. The summed E-state index contributed by atoms with van der Waals surface area (Å²) in [6.07, 6.45) is 1.74. The fraction of sp³-hybridized carbons (Fsp3) is 0.286. The van der Waals surface area contributed by atoms with Crippen molar-refractivity contribution in [2.45, 2.75) is 18.7 Å². The van der Waals surface area contributed by atoms with Gasteiger partial charge in [0.2, 0.25) is 10.0 Å². The Hall–Kier alpha value is -2.55. The monoisotopic (exact) mass is 449 g/mol. The molecule has 0 aliphatic rings. The highest BCUT2D eigenvalue weighted by atomic mass is 35.5. The van der Waals surface area contributed by atoms with Crippen molar-refractivity contribution < 1.29 is 17.9 Å². The van der Waals surface area contributed by atoms with Crippen LogP contribution in [0.15, 0.2) is 41.3 Å². The van der Waals surface area contributed by atoms with Gasteiger partial charge in [0.25, 0.3) is 0 Å². The predicted molar refractivity (Wildman–Crippen MR) is 119 cm³/mol. The maximum absolute atomic E-state index is 12.8. The summed E-state index contributed by atoms with van der Waals surface area (Å²) in [5.74, 6) is 1.65. The Bertz CT molecular complexity index is 1180. The second-order valence-corrected chi connectivity index (χ2v) is 8.81. The minimum Gasteiger partial charge on any atom is -0.493 e. The third-order valence-electron chi connectivity index (χ3n) is 4.72. The van der Waals surface area contributed by atoms with E-state index in [1.54, 1.807) is 50.6 Å². The number of sulfonamides is 1. The van der Waals surface area contributed by atoms with Crippen LogP contribution < -0.4 is 9.47 Å². The Morgan fingerprint density at radius 3 is 2.43 bits per heavy atom. The quantitative estimate of drug-likeness (QED) is 0.552. The molecular weight excluding hydrogens is 426 g/mol. The summed E-state index contributed by atoms with van der Waals surface area (Å²) in [7, 11) is -0.416. The van der Waals surface area contributed by atoms with Gasteiger partial charge in [-0.2, -0.15) is 4.31 Å². The average Bonchev–Trinajstić information content (AvgIpc) is 3.18. The Morgan fingerprint density at radius 2 is 1.80 bits per heavy atom. The van der Waals surface area contributed by atoms with Gasteiger partial charge in [0.05, 0.1) is 35.2 Å². The zero-order chi connectivity index (χ0) is 21.9. The Labute approximate surface area is 181 Å². The highest BCUT2D eigenvalue weighted by Crippen LogP contribution is 2.30. The third-order valence-corrected chi connectivity index (χ3v) is 7.06. The van der Waals surface area contributed by atoms with Gasteiger partial charge in [-0.15, -0.1) is 0 Å². The number of ether oxygens (including phenoxy) is 2. The number of fused-ring (bicyclic) bond motifs is 1. The lowest BCUT2D eigenvalue weighted by Crippen LogP contribution is -2.30. The third kappa shape index (κ3) is 4.30. The van der Waals surface area contributed by atoms with E-state index in [4.69, 9.17) is 21.1 Å². The van der Waals surface area contributed by atoms with E-state index in [9.17, 15) is 8.42 Å². The van der Waals surface area contributed by atoms with Gasteiger partial charge in [0, 0.05) is 13.1 Å². The summed E-state index contributed by atoms with van der Waals surface area (Å²) in [6.45, 7) is 4.44. The molecule has 0 spiro atoms. The van der Waals surface area contributed by atoms with Crippen molar-refractivity contribution in [3.8, 4) is 11.5 Å². The predicted octanol–water partition coefficient (Wildman–Crippen LogP) is 4.35. The highest BCUT2D eigenvalue weighted by molar-refractivity contribution is 7.89. The van der Waals surface area contributed by atoms with E-state index in [2.05, 4.69) is 9.97 Å². The molecule has 0 bridgehead atoms. The number of nitrogens with zero attached hydrogens (tertiary/aromatic N) is 2. The van der Waals surface area contributed by atoms with Crippen molar-refractivity contribution in [3.05, 3.63) is 47.8 Å². The van der Waals surface area contributed by atoms with Crippen molar-refractivity contribution in [2.75, 3.05) is 27.3 Å². The zero-order valence-corrected chi connectivity index (χ0v) is 18.8. The van der Waals surface area contributed by atoms with Crippen molar-refractivity contribution in [1.29, 1.82) is 0 Å². The van der Waals surface area contributed by atoms with E-state index in [1.165, 1.54) is 4.31 Å². The van der Waals surface area contributed by atoms with E-state index in [0.717, 1.165) is 5.56 Å². The van der Waals surface area contributed by atoms with Crippen LogP contribution in [0.2, 0.25) is 0 Å². The topological polar surface area (TPSA) is 84.5 Å². The first-order valence-corrected chi connectivity index (χ1v) is 11.2. The molecule has 0 atom stereocenters. The molecule has 0 aliphatic heterocycles. The molecule has 1 N–H and O–H groups in total. The molecule has 0 amide bonds. The van der Waals surface area contributed by atoms with Gasteiger partial charge in [-0.25, -0.2) is 13.4 Å². The molecule has 0 saturated heterocycles. The van der Waals surface area contributed by atoms with Gasteiger partial charge in [0.1, 0.15) is 5.82 Å². The minimum absolute atomic E-state index is 0.217. The number of hydrogen-bond acceptors (Lipinski definition) is 5. The number of rotatable bonds is 8. The number of aromatic amines is 1. The molecule has 9 heteroatoms. The van der Waals surface area contributed by atoms with Crippen LogP contribution in [-0.4, -0.2) is 50.0 Å². The lowest BCUT2D eigenvalue weighted by molar-refractivity contribution is 0.355. The summed E-state index contributed by atoms with van der Waals surface area (Å²) in [6, 6.07) is 10.3. The van der Waals surface area contributed by atoms with Gasteiger partial charge in [-0.3, -0.25) is 0 Å². The summed E-state index contributed by atoms with van der Waals surface area (Å²) in [4.78, 5) is 7.79. The number of hydrogen-bond donors (Lipinski definition) is 1. The second kappa shape index (κ2) is 9.07. The Balaban J connectivity index is 1.97. The summed E-state index contributed by atoms with van der Waals surface area (Å²) >= 11 is 6.48. The number of halogens is 1. The van der Waals surface area contributed by atoms with E-state index < -0.39 is 10.0 Å². The molecule has 0 saturated carbocycles. The molecular formula is C21H24ClN3O4S. The SMILES string of the molecule is CCN(CC)S(=O)(=O)c1ccc2nc(/C(Cl)=C/c3ccc(OC)c(OC)c3)[nH]c2c1. The molecule has 1 aromatic heterocycles. The molecule has 0 unspecified atom stereocenters. The number of imidazole rings is 1. The van der Waals surface area contributed by atoms with Crippen LogP contribution in [0, 0.1) is 0 Å². The van der Waals surface area contributed by atoms with Crippen LogP contribution >= 0.6 is 11.6 Å². The highest BCUT2D eigenvalue weighted by Gasteiger charge is 2.22. The van der Waals surface area contributed by atoms with Gasteiger partial charge in [-0.05, 0) is 42.0 Å². The molecule has 30 heavy (non-hydrogen) atoms. The molecule has 7 nitrogen and oxygen atoms in total. The maximum Gasteiger partial charge on any atom is 0.243 e. The lowest BCUT2D eigenvalue weighted by Gasteiger charge is -2.18. The molecule has 160 valence electrons. The van der Waals surface area contributed by atoms with Crippen LogP contribution in [0.1, 0.15) is 25.2 Å². The van der Waals surface area contributed by atoms with Crippen molar-refractivity contribution in [1.82, 2.24) is 14.3 Å². The Morgan fingerprint density at radius 1 is 1.10 bits per heavy atom. The van der Waals surface area contributed by atoms with E-state index in [0.29, 0.717) is 46.5 Å². The Kier molecular flexibility index (Phi) is 6.70. The first kappa shape index (κ1) is 22.1. The van der Waals surface area contributed by atoms with E-state index in [-0.39, 0.29) is 4.90 Å². The molecule has 1 heterocycles. The number of benzene rings is 2. The summed E-state index contributed by atoms with van der Waals surface area (Å²) < 4.78 is 37.5.